The number of nitrogens with zero attached hydrogens (tertiary/aromatic N) is 3. The van der Waals surface area contributed by atoms with E-state index in [1.165, 1.54) is 23.5 Å². The van der Waals surface area contributed by atoms with Crippen molar-refractivity contribution in [3.05, 3.63) is 73.3 Å². The van der Waals surface area contributed by atoms with Crippen molar-refractivity contribution in [2.75, 3.05) is 13.2 Å². The van der Waals surface area contributed by atoms with Crippen LogP contribution in [0.15, 0.2) is 50.5 Å². The zero-order valence-electron chi connectivity index (χ0n) is 15.9. The number of aliphatic hydroxyl groups is 1. The van der Waals surface area contributed by atoms with E-state index in [4.69, 9.17) is 11.3 Å². The molecule has 1 aromatic heterocycles. The van der Waals surface area contributed by atoms with Crippen LogP contribution in [0.5, 0.6) is 0 Å². The molecule has 3 rings (SSSR count). The number of amidine groups is 1. The molecule has 30 heavy (non-hydrogen) atoms. The highest BCUT2D eigenvalue weighted by Crippen LogP contribution is 2.37. The Bertz CT molecular complexity index is 1030. The van der Waals surface area contributed by atoms with E-state index < -0.39 is 23.9 Å². The molecule has 0 radical (unpaired) electrons. The Balaban J connectivity index is 2.18. The fourth-order valence-electron chi connectivity index (χ4n) is 2.99. The molecule has 2 unspecified atom stereocenters. The fourth-order valence-corrected chi connectivity index (χ4v) is 4.15. The summed E-state index contributed by atoms with van der Waals surface area (Å²) in [7, 11) is 0. The minimum absolute atomic E-state index is 0.0911. The predicted molar refractivity (Wildman–Crippen MR) is 114 cm³/mol. The molecule has 1 aromatic carbocycles. The summed E-state index contributed by atoms with van der Waals surface area (Å²) >= 11 is 4.72. The van der Waals surface area contributed by atoms with E-state index in [2.05, 4.69) is 36.1 Å². The van der Waals surface area contributed by atoms with Crippen molar-refractivity contribution in [3.63, 3.8) is 0 Å². The van der Waals surface area contributed by atoms with Crippen LogP contribution in [0.2, 0.25) is 0 Å². The molecule has 0 bridgehead atoms. The number of rotatable bonds is 7. The van der Waals surface area contributed by atoms with E-state index >= 15 is 0 Å². The lowest BCUT2D eigenvalue weighted by Gasteiger charge is -2.27. The van der Waals surface area contributed by atoms with Gasteiger partial charge in [0.25, 0.3) is 6.04 Å². The Morgan fingerprint density at radius 2 is 2.33 bits per heavy atom. The van der Waals surface area contributed by atoms with Crippen molar-refractivity contribution in [2.45, 2.75) is 25.4 Å². The minimum atomic E-state index is -0.806. The topological polar surface area (TPSA) is 88.2 Å². The van der Waals surface area contributed by atoms with E-state index in [-0.39, 0.29) is 25.2 Å². The number of aliphatic hydroxyl groups excluding tert-OH is 1. The van der Waals surface area contributed by atoms with Crippen molar-refractivity contribution in [2.24, 2.45) is 4.99 Å². The molecule has 0 fully saturated rings. The Morgan fingerprint density at radius 1 is 1.53 bits per heavy atom. The summed E-state index contributed by atoms with van der Waals surface area (Å²) in [6, 6.07) is 2.59. The maximum atomic E-state index is 13.7. The normalized spacial score (nSPS) is 17.0. The molecule has 10 heteroatoms. The zero-order valence-corrected chi connectivity index (χ0v) is 18.3. The smallest absolute Gasteiger partial charge is 0.338 e. The molecule has 1 aliphatic heterocycles. The monoisotopic (exact) mass is 492 g/mol. The summed E-state index contributed by atoms with van der Waals surface area (Å²) in [6.45, 7) is 8.79. The van der Waals surface area contributed by atoms with Crippen molar-refractivity contribution in [1.29, 1.82) is 0 Å². The second-order valence-corrected chi connectivity index (χ2v) is 8.04. The van der Waals surface area contributed by atoms with Gasteiger partial charge in [0, 0.05) is 21.7 Å². The number of benzene rings is 1. The first-order chi connectivity index (χ1) is 14.5. The van der Waals surface area contributed by atoms with Crippen LogP contribution in [-0.4, -0.2) is 41.2 Å². The van der Waals surface area contributed by atoms with E-state index in [1.54, 1.807) is 24.6 Å². The second-order valence-electron chi connectivity index (χ2n) is 6.29. The van der Waals surface area contributed by atoms with Gasteiger partial charge in [0.2, 0.25) is 0 Å². The van der Waals surface area contributed by atoms with Gasteiger partial charge in [-0.05, 0) is 24.6 Å². The summed E-state index contributed by atoms with van der Waals surface area (Å²) in [6.07, 6.45) is 1.72. The Labute approximate surface area is 185 Å². The van der Waals surface area contributed by atoms with Gasteiger partial charge >= 0.3 is 5.97 Å². The van der Waals surface area contributed by atoms with Crippen LogP contribution >= 0.6 is 27.3 Å². The Hall–Kier alpha value is -2.61. The van der Waals surface area contributed by atoms with E-state index in [1.807, 2.05) is 0 Å². The number of halogens is 2. The third-order valence-corrected chi connectivity index (χ3v) is 5.81. The third kappa shape index (κ3) is 4.75. The summed E-state index contributed by atoms with van der Waals surface area (Å²) < 4.78 is 19.4. The maximum Gasteiger partial charge on any atom is 0.338 e. The number of esters is 1. The van der Waals surface area contributed by atoms with Gasteiger partial charge in [0.1, 0.15) is 18.5 Å². The summed E-state index contributed by atoms with van der Waals surface area (Å²) in [5, 5.41) is 15.0. The third-order valence-electron chi connectivity index (χ3n) is 4.35. The summed E-state index contributed by atoms with van der Waals surface area (Å²) in [5.74, 6) is -0.597. The van der Waals surface area contributed by atoms with Crippen molar-refractivity contribution >= 4 is 39.1 Å². The molecule has 2 atom stereocenters. The van der Waals surface area contributed by atoms with E-state index in [0.29, 0.717) is 26.6 Å². The molecule has 156 valence electrons. The van der Waals surface area contributed by atoms with Gasteiger partial charge in [-0.2, -0.15) is 0 Å². The van der Waals surface area contributed by atoms with Crippen LogP contribution < -0.4 is 5.32 Å². The Morgan fingerprint density at radius 3 is 2.93 bits per heavy atom. The quantitative estimate of drug-likeness (QED) is 0.455. The number of hydrogen-bond donors (Lipinski definition) is 2. The molecule has 2 heterocycles. The molecule has 0 aliphatic carbocycles. The summed E-state index contributed by atoms with van der Waals surface area (Å²) in [4.78, 5) is 25.3. The van der Waals surface area contributed by atoms with Crippen molar-refractivity contribution < 1.29 is 19.0 Å². The zero-order chi connectivity index (χ0) is 21.7. The average molecular weight is 493 g/mol. The lowest BCUT2D eigenvalue weighted by atomic mass is 9.93. The Kier molecular flexibility index (Phi) is 7.31. The van der Waals surface area contributed by atoms with Gasteiger partial charge in [-0.3, -0.25) is 4.99 Å². The molecule has 0 amide bonds. The lowest BCUT2D eigenvalue weighted by Crippen LogP contribution is -2.35. The van der Waals surface area contributed by atoms with Crippen LogP contribution in [0.4, 0.5) is 4.39 Å². The first kappa shape index (κ1) is 22.1. The lowest BCUT2D eigenvalue weighted by molar-refractivity contribution is -0.139. The molecule has 0 saturated heterocycles. The molecular weight excluding hydrogens is 475 g/mol. The molecular formula is C20H18BrFN4O3S. The van der Waals surface area contributed by atoms with Crippen LogP contribution in [0.1, 0.15) is 30.0 Å². The highest BCUT2D eigenvalue weighted by atomic mass is 79.9. The molecule has 1 aliphatic rings. The second kappa shape index (κ2) is 9.93. The van der Waals surface area contributed by atoms with Crippen molar-refractivity contribution in [1.82, 2.24) is 10.3 Å². The first-order valence-electron chi connectivity index (χ1n) is 9.05. The number of thiazole rings is 1. The van der Waals surface area contributed by atoms with Gasteiger partial charge < -0.3 is 20.0 Å². The molecule has 0 spiro atoms. The van der Waals surface area contributed by atoms with Crippen LogP contribution in [0, 0.1) is 12.4 Å². The number of ether oxygens (including phenoxy) is 1. The molecule has 7 nitrogen and oxygen atoms in total. The predicted octanol–water partition coefficient (Wildman–Crippen LogP) is 3.62. The van der Waals surface area contributed by atoms with Gasteiger partial charge in [-0.15, -0.1) is 11.3 Å². The number of nitrogens with one attached hydrogen (secondary N) is 1. The highest BCUT2D eigenvalue weighted by Gasteiger charge is 2.35. The highest BCUT2D eigenvalue weighted by molar-refractivity contribution is 9.10. The fraction of sp³-hybridized carbons (Fsp3) is 0.300. The molecule has 0 saturated carbocycles. The maximum absolute atomic E-state index is 13.7. The minimum Gasteiger partial charge on any atom is -0.463 e. The largest absolute Gasteiger partial charge is 0.463 e. The van der Waals surface area contributed by atoms with Crippen molar-refractivity contribution in [3.8, 4) is 0 Å². The van der Waals surface area contributed by atoms with Gasteiger partial charge in [-0.25, -0.2) is 20.7 Å². The summed E-state index contributed by atoms with van der Waals surface area (Å²) in [5.41, 5.74) is 1.20. The number of aromatic nitrogens is 1. The van der Waals surface area contributed by atoms with Crippen LogP contribution in [0.25, 0.3) is 4.85 Å². The van der Waals surface area contributed by atoms with Gasteiger partial charge in [-0.1, -0.05) is 22.0 Å². The average Bonchev–Trinajstić information content (AvgIpc) is 3.26. The SMILES string of the molecule is [C-]#[N+]C(CO)CC1=C(C(=O)OCC)C(c2ccc(F)cc2Br)N=C(c2nccs2)N1. The number of aliphatic imine (C=N–C) groups is 1. The number of carbonyl (C=O) groups is 1. The van der Waals surface area contributed by atoms with Crippen LogP contribution in [0.3, 0.4) is 0 Å². The van der Waals surface area contributed by atoms with Gasteiger partial charge in [0.15, 0.2) is 10.8 Å². The first-order valence-corrected chi connectivity index (χ1v) is 10.7. The van der Waals surface area contributed by atoms with E-state index in [0.717, 1.165) is 0 Å². The van der Waals surface area contributed by atoms with Gasteiger partial charge in [0.05, 0.1) is 18.6 Å². The molecule has 2 N–H and O–H groups in total. The number of carbonyl (C=O) groups excluding carboxylic acids is 1. The van der Waals surface area contributed by atoms with Crippen LogP contribution in [-0.2, 0) is 9.53 Å². The standard InChI is InChI=1S/C20H18BrFN4O3S/c1-3-29-20(28)16-15(9-12(10-27)23-2)25-18(19-24-6-7-30-19)26-17(16)13-5-4-11(22)8-14(13)21/h4-8,12,17,27H,3,9-10H2,1H3,(H,25,26). The van der Waals surface area contributed by atoms with E-state index in [9.17, 15) is 14.3 Å². The molecule has 2 aromatic rings. The number of hydrogen-bond acceptors (Lipinski definition) is 7.